The van der Waals surface area contributed by atoms with Crippen molar-refractivity contribution in [3.63, 3.8) is 0 Å². The number of hydrogen-bond acceptors (Lipinski definition) is 3. The van der Waals surface area contributed by atoms with Gasteiger partial charge in [-0.3, -0.25) is 0 Å². The average Bonchev–Trinajstić information content (AvgIpc) is 1.98. The fourth-order valence-electron chi connectivity index (χ4n) is 1.22. The van der Waals surface area contributed by atoms with E-state index in [1.807, 2.05) is 0 Å². The summed E-state index contributed by atoms with van der Waals surface area (Å²) >= 11 is 0. The van der Waals surface area contributed by atoms with Crippen LogP contribution in [0.1, 0.15) is 19.3 Å². The molecule has 1 saturated heterocycles. The van der Waals surface area contributed by atoms with Crippen LogP contribution in [-0.4, -0.2) is 25.6 Å². The van der Waals surface area contributed by atoms with Crippen molar-refractivity contribution in [1.82, 2.24) is 0 Å². The predicted octanol–water partition coefficient (Wildman–Crippen LogP) is 0.817. The summed E-state index contributed by atoms with van der Waals surface area (Å²) in [5.41, 5.74) is -1.56. The molecule has 0 N–H and O–H groups in total. The van der Waals surface area contributed by atoms with Crippen molar-refractivity contribution in [3.8, 4) is 6.07 Å². The molecule has 1 fully saturated rings. The summed E-state index contributed by atoms with van der Waals surface area (Å²) in [5.74, 6) is -0.240. The van der Waals surface area contributed by atoms with Gasteiger partial charge in [0.15, 0.2) is 9.84 Å². The number of nitrogens with zero attached hydrogens (tertiary/aromatic N) is 1. The third-order valence-electron chi connectivity index (χ3n) is 2.12. The van der Waals surface area contributed by atoms with E-state index in [1.54, 1.807) is 6.07 Å². The summed E-state index contributed by atoms with van der Waals surface area (Å²) in [6, 6.07) is 1.74. The number of rotatable bonds is 1. The highest BCUT2D eigenvalue weighted by molar-refractivity contribution is 7.91. The molecule has 0 aromatic carbocycles. The quantitative estimate of drug-likeness (QED) is 0.616. The first-order chi connectivity index (χ1) is 5.47. The Balaban J connectivity index is 2.63. The van der Waals surface area contributed by atoms with Crippen LogP contribution >= 0.6 is 0 Å². The van der Waals surface area contributed by atoms with Gasteiger partial charge in [0.1, 0.15) is 5.67 Å². The standard InChI is InChI=1S/C7H10FNO2S/c8-7(1-4-9)2-5-12(10,11)6-3-7/h1-3,5-6H2. The Hall–Kier alpha value is -0.630. The van der Waals surface area contributed by atoms with E-state index in [0.717, 1.165) is 0 Å². The lowest BCUT2D eigenvalue weighted by atomic mass is 9.96. The van der Waals surface area contributed by atoms with E-state index in [2.05, 4.69) is 0 Å². The zero-order chi connectivity index (χ0) is 9.24. The van der Waals surface area contributed by atoms with Crippen LogP contribution in [0.2, 0.25) is 0 Å². The largest absolute Gasteiger partial charge is 0.243 e. The summed E-state index contributed by atoms with van der Waals surface area (Å²) in [4.78, 5) is 0. The molecular formula is C7H10FNO2S. The van der Waals surface area contributed by atoms with Crippen molar-refractivity contribution < 1.29 is 12.8 Å². The Bertz CT molecular complexity index is 290. The molecule has 1 aliphatic rings. The van der Waals surface area contributed by atoms with E-state index in [-0.39, 0.29) is 30.8 Å². The first-order valence-corrected chi connectivity index (χ1v) is 5.56. The van der Waals surface area contributed by atoms with Crippen LogP contribution in [0, 0.1) is 11.3 Å². The maximum atomic E-state index is 13.4. The van der Waals surface area contributed by atoms with Crippen molar-refractivity contribution in [2.75, 3.05) is 11.5 Å². The van der Waals surface area contributed by atoms with Gasteiger partial charge < -0.3 is 0 Å². The van der Waals surface area contributed by atoms with Crippen molar-refractivity contribution in [2.24, 2.45) is 0 Å². The summed E-state index contributed by atoms with van der Waals surface area (Å²) in [5, 5.41) is 8.27. The van der Waals surface area contributed by atoms with Crippen molar-refractivity contribution in [3.05, 3.63) is 0 Å². The second kappa shape index (κ2) is 3.02. The molecule has 0 aromatic heterocycles. The van der Waals surface area contributed by atoms with Gasteiger partial charge in [-0.1, -0.05) is 0 Å². The monoisotopic (exact) mass is 191 g/mol. The average molecular weight is 191 g/mol. The van der Waals surface area contributed by atoms with Crippen molar-refractivity contribution in [2.45, 2.75) is 24.9 Å². The van der Waals surface area contributed by atoms with Gasteiger partial charge in [0, 0.05) is 0 Å². The maximum absolute atomic E-state index is 13.4. The van der Waals surface area contributed by atoms with Crippen LogP contribution < -0.4 is 0 Å². The Kier molecular flexibility index (Phi) is 2.38. The first-order valence-electron chi connectivity index (χ1n) is 3.74. The van der Waals surface area contributed by atoms with Gasteiger partial charge in [0.05, 0.1) is 24.0 Å². The molecule has 0 spiro atoms. The molecule has 0 aliphatic carbocycles. The van der Waals surface area contributed by atoms with Gasteiger partial charge >= 0.3 is 0 Å². The molecule has 1 aliphatic heterocycles. The second-order valence-electron chi connectivity index (χ2n) is 3.14. The van der Waals surface area contributed by atoms with E-state index < -0.39 is 15.5 Å². The summed E-state index contributed by atoms with van der Waals surface area (Å²) in [7, 11) is -3.02. The lowest BCUT2D eigenvalue weighted by molar-refractivity contribution is 0.153. The number of hydrogen-bond donors (Lipinski definition) is 0. The highest BCUT2D eigenvalue weighted by Crippen LogP contribution is 2.30. The highest BCUT2D eigenvalue weighted by atomic mass is 32.2. The van der Waals surface area contributed by atoms with Crippen LogP contribution in [0.25, 0.3) is 0 Å². The van der Waals surface area contributed by atoms with E-state index in [1.165, 1.54) is 0 Å². The Morgan fingerprint density at radius 3 is 2.33 bits per heavy atom. The molecule has 68 valence electrons. The van der Waals surface area contributed by atoms with Crippen molar-refractivity contribution >= 4 is 9.84 Å². The fraction of sp³-hybridized carbons (Fsp3) is 0.857. The Morgan fingerprint density at radius 2 is 1.92 bits per heavy atom. The topological polar surface area (TPSA) is 57.9 Å². The normalized spacial score (nSPS) is 26.0. The highest BCUT2D eigenvalue weighted by Gasteiger charge is 2.37. The third-order valence-corrected chi connectivity index (χ3v) is 3.77. The van der Waals surface area contributed by atoms with Crippen LogP contribution in [0.4, 0.5) is 4.39 Å². The molecule has 1 heterocycles. The van der Waals surface area contributed by atoms with Crippen LogP contribution in [0.15, 0.2) is 0 Å². The molecule has 0 saturated carbocycles. The predicted molar refractivity (Wildman–Crippen MR) is 42.0 cm³/mol. The van der Waals surface area contributed by atoms with Crippen LogP contribution in [-0.2, 0) is 9.84 Å². The molecule has 0 aromatic rings. The van der Waals surface area contributed by atoms with E-state index in [0.29, 0.717) is 0 Å². The molecular weight excluding hydrogens is 181 g/mol. The molecule has 5 heteroatoms. The first kappa shape index (κ1) is 9.46. The summed E-state index contributed by atoms with van der Waals surface area (Å²) < 4.78 is 35.2. The molecule has 0 unspecified atom stereocenters. The summed E-state index contributed by atoms with van der Waals surface area (Å²) in [6.45, 7) is 0. The third kappa shape index (κ3) is 2.18. The lowest BCUT2D eigenvalue weighted by Gasteiger charge is -2.26. The zero-order valence-corrected chi connectivity index (χ0v) is 7.40. The van der Waals surface area contributed by atoms with Crippen LogP contribution in [0.5, 0.6) is 0 Å². The van der Waals surface area contributed by atoms with Crippen LogP contribution in [0.3, 0.4) is 0 Å². The fourth-order valence-corrected chi connectivity index (χ4v) is 2.78. The van der Waals surface area contributed by atoms with Gasteiger partial charge in [-0.25, -0.2) is 12.8 Å². The lowest BCUT2D eigenvalue weighted by Crippen LogP contribution is -2.35. The molecule has 0 radical (unpaired) electrons. The van der Waals surface area contributed by atoms with Gasteiger partial charge in [-0.2, -0.15) is 5.26 Å². The molecule has 0 bridgehead atoms. The second-order valence-corrected chi connectivity index (χ2v) is 5.44. The Morgan fingerprint density at radius 1 is 1.42 bits per heavy atom. The number of sulfone groups is 1. The van der Waals surface area contributed by atoms with E-state index in [4.69, 9.17) is 5.26 Å². The SMILES string of the molecule is N#CCC1(F)CCS(=O)(=O)CC1. The van der Waals surface area contributed by atoms with Gasteiger partial charge in [0.2, 0.25) is 0 Å². The number of alkyl halides is 1. The zero-order valence-electron chi connectivity index (χ0n) is 6.59. The van der Waals surface area contributed by atoms with E-state index >= 15 is 0 Å². The minimum Gasteiger partial charge on any atom is -0.243 e. The molecule has 0 atom stereocenters. The molecule has 0 amide bonds. The van der Waals surface area contributed by atoms with Gasteiger partial charge in [-0.15, -0.1) is 0 Å². The Labute approximate surface area is 71.1 Å². The smallest absolute Gasteiger partial charge is 0.150 e. The maximum Gasteiger partial charge on any atom is 0.150 e. The van der Waals surface area contributed by atoms with Crippen molar-refractivity contribution in [1.29, 1.82) is 5.26 Å². The molecule has 12 heavy (non-hydrogen) atoms. The van der Waals surface area contributed by atoms with Gasteiger partial charge in [-0.05, 0) is 12.8 Å². The molecule has 3 nitrogen and oxygen atoms in total. The minimum absolute atomic E-state index is 0.0249. The molecule has 1 rings (SSSR count). The number of halogens is 1. The minimum atomic E-state index is -3.02. The van der Waals surface area contributed by atoms with E-state index in [9.17, 15) is 12.8 Å². The van der Waals surface area contributed by atoms with Gasteiger partial charge in [0.25, 0.3) is 0 Å². The summed E-state index contributed by atoms with van der Waals surface area (Å²) in [6.07, 6.45) is -0.242. The number of nitriles is 1.